The van der Waals surface area contributed by atoms with Gasteiger partial charge in [-0.05, 0) is 36.2 Å². The van der Waals surface area contributed by atoms with Crippen LogP contribution >= 0.6 is 0 Å². The van der Waals surface area contributed by atoms with Crippen molar-refractivity contribution < 1.29 is 23.1 Å². The van der Waals surface area contributed by atoms with Crippen LogP contribution in [0.4, 0.5) is 19.3 Å². The van der Waals surface area contributed by atoms with Gasteiger partial charge in [0.2, 0.25) is 5.91 Å². The van der Waals surface area contributed by atoms with Gasteiger partial charge in [0.1, 0.15) is 17.7 Å². The smallest absolute Gasteiger partial charge is 0.414 e. The maximum absolute atomic E-state index is 14.9. The lowest BCUT2D eigenvalue weighted by Gasteiger charge is -2.15. The monoisotopic (exact) mass is 470 g/mol. The molecule has 0 bridgehead atoms. The molecule has 3 aromatic rings. The molecule has 1 fully saturated rings. The van der Waals surface area contributed by atoms with E-state index in [0.717, 1.165) is 34.7 Å². The number of benzene rings is 2. The molecule has 1 aliphatic rings. The van der Waals surface area contributed by atoms with Crippen molar-refractivity contribution in [2.24, 2.45) is 0 Å². The summed E-state index contributed by atoms with van der Waals surface area (Å²) in [5, 5.41) is 16.1. The SMILES string of the molecule is CC(=O)NC[C@H]1CN(c2cc(F)c(-c3ccc(CCNCc4cn[nH]n4)cc3)c(F)c2)C(=O)O1. The van der Waals surface area contributed by atoms with Crippen molar-refractivity contribution in [1.29, 1.82) is 0 Å². The van der Waals surface area contributed by atoms with Gasteiger partial charge in [0.25, 0.3) is 0 Å². The summed E-state index contributed by atoms with van der Waals surface area (Å²) < 4.78 is 35.0. The van der Waals surface area contributed by atoms with E-state index >= 15 is 0 Å². The molecule has 0 spiro atoms. The summed E-state index contributed by atoms with van der Waals surface area (Å²) >= 11 is 0. The molecular weight excluding hydrogens is 446 g/mol. The van der Waals surface area contributed by atoms with Gasteiger partial charge in [0.05, 0.1) is 36.2 Å². The van der Waals surface area contributed by atoms with E-state index < -0.39 is 23.8 Å². The normalized spacial score (nSPS) is 15.4. The highest BCUT2D eigenvalue weighted by molar-refractivity contribution is 5.90. The Kier molecular flexibility index (Phi) is 7.12. The van der Waals surface area contributed by atoms with E-state index in [4.69, 9.17) is 4.74 Å². The van der Waals surface area contributed by atoms with Crippen LogP contribution in [0.3, 0.4) is 0 Å². The molecule has 1 saturated heterocycles. The summed E-state index contributed by atoms with van der Waals surface area (Å²) in [6.45, 7) is 2.86. The Morgan fingerprint density at radius 3 is 2.62 bits per heavy atom. The summed E-state index contributed by atoms with van der Waals surface area (Å²) in [4.78, 5) is 24.4. The fourth-order valence-electron chi connectivity index (χ4n) is 3.69. The molecule has 11 heteroatoms. The summed E-state index contributed by atoms with van der Waals surface area (Å²) in [5.41, 5.74) is 2.12. The number of nitrogens with zero attached hydrogens (tertiary/aromatic N) is 3. The Hall–Kier alpha value is -3.86. The van der Waals surface area contributed by atoms with Crippen LogP contribution < -0.4 is 15.5 Å². The minimum absolute atomic E-state index is 0.0591. The van der Waals surface area contributed by atoms with Crippen LogP contribution in [0.15, 0.2) is 42.6 Å². The lowest BCUT2D eigenvalue weighted by atomic mass is 10.0. The average Bonchev–Trinajstić information content (AvgIpc) is 3.45. The molecule has 178 valence electrons. The number of hydrogen-bond donors (Lipinski definition) is 3. The maximum atomic E-state index is 14.9. The van der Waals surface area contributed by atoms with Crippen LogP contribution in [0, 0.1) is 11.6 Å². The molecule has 34 heavy (non-hydrogen) atoms. The lowest BCUT2D eigenvalue weighted by Crippen LogP contribution is -2.33. The van der Waals surface area contributed by atoms with Gasteiger partial charge in [-0.3, -0.25) is 9.69 Å². The second-order valence-corrected chi connectivity index (χ2v) is 7.92. The number of ether oxygens (including phenoxy) is 1. The predicted octanol–water partition coefficient (Wildman–Crippen LogP) is 2.54. The molecule has 1 aromatic heterocycles. The first kappa shape index (κ1) is 23.3. The van der Waals surface area contributed by atoms with Crippen LogP contribution in [0.1, 0.15) is 18.2 Å². The van der Waals surface area contributed by atoms with Gasteiger partial charge >= 0.3 is 6.09 Å². The van der Waals surface area contributed by atoms with Crippen LogP contribution in [0.5, 0.6) is 0 Å². The van der Waals surface area contributed by atoms with Crippen LogP contribution in [-0.2, 0) is 22.5 Å². The molecule has 2 heterocycles. The quantitative estimate of drug-likeness (QED) is 0.415. The number of carbonyl (C=O) groups excluding carboxylic acids is 2. The molecule has 0 radical (unpaired) electrons. The molecule has 1 aliphatic heterocycles. The van der Waals surface area contributed by atoms with E-state index in [1.807, 2.05) is 12.1 Å². The van der Waals surface area contributed by atoms with Crippen LogP contribution in [-0.4, -0.2) is 53.1 Å². The van der Waals surface area contributed by atoms with Gasteiger partial charge in [-0.2, -0.15) is 15.4 Å². The van der Waals surface area contributed by atoms with Gasteiger partial charge in [-0.25, -0.2) is 13.6 Å². The molecule has 9 nitrogen and oxygen atoms in total. The fraction of sp³-hybridized carbons (Fsp3) is 0.304. The summed E-state index contributed by atoms with van der Waals surface area (Å²) in [5.74, 6) is -1.82. The van der Waals surface area contributed by atoms with Crippen molar-refractivity contribution in [2.75, 3.05) is 24.5 Å². The number of amides is 2. The zero-order chi connectivity index (χ0) is 24.1. The Bertz CT molecular complexity index is 1130. The van der Waals surface area contributed by atoms with E-state index in [-0.39, 0.29) is 30.2 Å². The van der Waals surface area contributed by atoms with E-state index in [2.05, 4.69) is 26.0 Å². The Balaban J connectivity index is 1.39. The number of cyclic esters (lactones) is 1. The van der Waals surface area contributed by atoms with Gasteiger partial charge in [0, 0.05) is 13.5 Å². The molecule has 3 N–H and O–H groups in total. The van der Waals surface area contributed by atoms with Crippen molar-refractivity contribution in [2.45, 2.75) is 26.0 Å². The van der Waals surface area contributed by atoms with E-state index in [1.165, 1.54) is 6.92 Å². The van der Waals surface area contributed by atoms with Crippen molar-refractivity contribution in [1.82, 2.24) is 26.0 Å². The minimum Gasteiger partial charge on any atom is -0.442 e. The second kappa shape index (κ2) is 10.4. The van der Waals surface area contributed by atoms with Gasteiger partial charge in [0.15, 0.2) is 0 Å². The summed E-state index contributed by atoms with van der Waals surface area (Å²) in [7, 11) is 0. The Morgan fingerprint density at radius 2 is 1.97 bits per heavy atom. The number of H-pyrrole nitrogens is 1. The van der Waals surface area contributed by atoms with Crippen molar-refractivity contribution in [3.63, 3.8) is 0 Å². The summed E-state index contributed by atoms with van der Waals surface area (Å²) in [6, 6.07) is 9.21. The maximum Gasteiger partial charge on any atom is 0.414 e. The first-order chi connectivity index (χ1) is 16.4. The third kappa shape index (κ3) is 5.54. The molecule has 0 saturated carbocycles. The Morgan fingerprint density at radius 1 is 1.24 bits per heavy atom. The highest BCUT2D eigenvalue weighted by atomic mass is 19.1. The van der Waals surface area contributed by atoms with Gasteiger partial charge < -0.3 is 15.4 Å². The number of hydrogen-bond acceptors (Lipinski definition) is 6. The average molecular weight is 470 g/mol. The molecule has 0 unspecified atom stereocenters. The highest BCUT2D eigenvalue weighted by Gasteiger charge is 2.33. The second-order valence-electron chi connectivity index (χ2n) is 7.92. The molecule has 2 amide bonds. The van der Waals surface area contributed by atoms with Gasteiger partial charge in [-0.15, -0.1) is 0 Å². The van der Waals surface area contributed by atoms with Crippen LogP contribution in [0.25, 0.3) is 11.1 Å². The zero-order valence-electron chi connectivity index (χ0n) is 18.5. The van der Waals surface area contributed by atoms with Crippen molar-refractivity contribution in [3.8, 4) is 11.1 Å². The minimum atomic E-state index is -0.782. The Labute approximate surface area is 194 Å². The lowest BCUT2D eigenvalue weighted by molar-refractivity contribution is -0.119. The van der Waals surface area contributed by atoms with E-state index in [1.54, 1.807) is 18.3 Å². The van der Waals surface area contributed by atoms with E-state index in [9.17, 15) is 18.4 Å². The predicted molar refractivity (Wildman–Crippen MR) is 120 cm³/mol. The van der Waals surface area contributed by atoms with Crippen LogP contribution in [0.2, 0.25) is 0 Å². The first-order valence-electron chi connectivity index (χ1n) is 10.8. The fourth-order valence-corrected chi connectivity index (χ4v) is 3.69. The summed E-state index contributed by atoms with van der Waals surface area (Å²) in [6.07, 6.45) is 1.06. The molecule has 2 aromatic carbocycles. The number of anilines is 1. The number of carbonyl (C=O) groups is 2. The number of halogens is 2. The van der Waals surface area contributed by atoms with Crippen molar-refractivity contribution in [3.05, 3.63) is 65.5 Å². The zero-order valence-corrected chi connectivity index (χ0v) is 18.5. The molecule has 1 atom stereocenters. The third-order valence-corrected chi connectivity index (χ3v) is 5.40. The number of aromatic amines is 1. The highest BCUT2D eigenvalue weighted by Crippen LogP contribution is 2.32. The topological polar surface area (TPSA) is 112 Å². The standard InChI is InChI=1S/C23H24F2N6O3/c1-14(32)27-12-19-13-31(23(33)34-19)18-8-20(24)22(21(25)9-18)16-4-2-15(3-5-16)6-7-26-10-17-11-28-30-29-17/h2-5,8-9,11,19,26H,6-7,10,12-13H2,1H3,(H,27,32)(H,28,29,30)/t19-/m0/s1. The van der Waals surface area contributed by atoms with E-state index in [0.29, 0.717) is 18.7 Å². The van der Waals surface area contributed by atoms with Crippen molar-refractivity contribution >= 4 is 17.7 Å². The third-order valence-electron chi connectivity index (χ3n) is 5.40. The number of aromatic nitrogens is 3. The molecule has 0 aliphatic carbocycles. The largest absolute Gasteiger partial charge is 0.442 e. The number of nitrogens with one attached hydrogen (secondary N) is 3. The van der Waals surface area contributed by atoms with Gasteiger partial charge in [-0.1, -0.05) is 24.3 Å². The first-order valence-corrected chi connectivity index (χ1v) is 10.8. The number of rotatable bonds is 9. The molecular formula is C23H24F2N6O3. The molecule has 4 rings (SSSR count).